The number of pyridine rings is 1. The van der Waals surface area contributed by atoms with Crippen molar-refractivity contribution in [1.29, 1.82) is 0 Å². The topological polar surface area (TPSA) is 46.0 Å². The van der Waals surface area contributed by atoms with E-state index in [-0.39, 0.29) is 10.3 Å². The summed E-state index contributed by atoms with van der Waals surface area (Å²) in [5, 5.41) is 12.8. The van der Waals surface area contributed by atoms with Crippen LogP contribution in [0, 0.1) is 0 Å². The van der Waals surface area contributed by atoms with E-state index in [2.05, 4.69) is 9.97 Å². The number of rotatable bonds is 2. The fourth-order valence-electron chi connectivity index (χ4n) is 1.15. The molecule has 3 nitrogen and oxygen atoms in total. The Hall–Kier alpha value is -0.680. The smallest absolute Gasteiger partial charge is 0.131 e. The van der Waals surface area contributed by atoms with Gasteiger partial charge in [-0.05, 0) is 17.7 Å². The molecule has 1 atom stereocenters. The van der Waals surface area contributed by atoms with Gasteiger partial charge in [-0.15, -0.1) is 11.3 Å². The van der Waals surface area contributed by atoms with Gasteiger partial charge < -0.3 is 5.11 Å². The van der Waals surface area contributed by atoms with E-state index < -0.39 is 6.10 Å². The first-order valence-electron chi connectivity index (χ1n) is 4.07. The minimum absolute atomic E-state index is 0.258. The molecule has 78 valence electrons. The molecule has 6 heteroatoms. The summed E-state index contributed by atoms with van der Waals surface area (Å²) in [6.45, 7) is 0. The molecule has 15 heavy (non-hydrogen) atoms. The zero-order chi connectivity index (χ0) is 10.8. The molecule has 0 aliphatic rings. The predicted molar refractivity (Wildman–Crippen MR) is 60.4 cm³/mol. The Kier molecular flexibility index (Phi) is 3.21. The third-order valence-corrected chi connectivity index (χ3v) is 3.00. The van der Waals surface area contributed by atoms with Crippen molar-refractivity contribution in [3.8, 4) is 0 Å². The van der Waals surface area contributed by atoms with Gasteiger partial charge in [-0.2, -0.15) is 0 Å². The van der Waals surface area contributed by atoms with Gasteiger partial charge in [0, 0.05) is 11.6 Å². The molecule has 2 heterocycles. The molecule has 0 saturated carbocycles. The first kappa shape index (κ1) is 10.8. The number of nitrogens with zero attached hydrogens (tertiary/aromatic N) is 2. The molecule has 1 N–H and O–H groups in total. The summed E-state index contributed by atoms with van der Waals surface area (Å²) in [5.41, 5.74) is 0.593. The average molecular weight is 261 g/mol. The second-order valence-electron chi connectivity index (χ2n) is 2.82. The van der Waals surface area contributed by atoms with E-state index in [0.717, 1.165) is 0 Å². The number of halogens is 2. The molecule has 1 unspecified atom stereocenters. The molecule has 0 radical (unpaired) electrons. The van der Waals surface area contributed by atoms with Crippen LogP contribution >= 0.6 is 34.5 Å². The maximum Gasteiger partial charge on any atom is 0.131 e. The van der Waals surface area contributed by atoms with Crippen LogP contribution in [0.15, 0.2) is 23.7 Å². The minimum atomic E-state index is -0.803. The third kappa shape index (κ3) is 2.46. The maximum absolute atomic E-state index is 9.93. The molecule has 0 bridgehead atoms. The summed E-state index contributed by atoms with van der Waals surface area (Å²) in [6.07, 6.45) is 0.830. The van der Waals surface area contributed by atoms with Crippen molar-refractivity contribution >= 4 is 34.5 Å². The van der Waals surface area contributed by atoms with E-state index in [1.165, 1.54) is 11.3 Å². The summed E-state index contributed by atoms with van der Waals surface area (Å²) < 4.78 is 0. The van der Waals surface area contributed by atoms with E-state index in [1.807, 2.05) is 0 Å². The zero-order valence-corrected chi connectivity index (χ0v) is 9.72. The Labute approximate surface area is 100 Å². The zero-order valence-electron chi connectivity index (χ0n) is 7.39. The number of aromatic nitrogens is 2. The van der Waals surface area contributed by atoms with Crippen LogP contribution in [-0.2, 0) is 0 Å². The van der Waals surface area contributed by atoms with Crippen molar-refractivity contribution in [2.45, 2.75) is 6.10 Å². The molecule has 0 amide bonds. The van der Waals surface area contributed by atoms with Crippen molar-refractivity contribution in [2.24, 2.45) is 0 Å². The second-order valence-corrected chi connectivity index (χ2v) is 4.52. The van der Waals surface area contributed by atoms with Crippen LogP contribution in [0.4, 0.5) is 0 Å². The van der Waals surface area contributed by atoms with Crippen molar-refractivity contribution in [3.05, 3.63) is 44.6 Å². The normalized spacial score (nSPS) is 12.7. The van der Waals surface area contributed by atoms with E-state index in [4.69, 9.17) is 23.2 Å². The van der Waals surface area contributed by atoms with E-state index in [0.29, 0.717) is 10.6 Å². The van der Waals surface area contributed by atoms with Crippen LogP contribution in [0.3, 0.4) is 0 Å². The molecule has 0 spiro atoms. The van der Waals surface area contributed by atoms with Gasteiger partial charge in [-0.1, -0.05) is 23.2 Å². The van der Waals surface area contributed by atoms with Gasteiger partial charge in [0.1, 0.15) is 21.4 Å². The first-order valence-corrected chi connectivity index (χ1v) is 5.71. The van der Waals surface area contributed by atoms with Crippen molar-refractivity contribution in [3.63, 3.8) is 0 Å². The quantitative estimate of drug-likeness (QED) is 0.845. The van der Waals surface area contributed by atoms with E-state index in [1.54, 1.807) is 23.7 Å². The van der Waals surface area contributed by atoms with Gasteiger partial charge in [0.15, 0.2) is 0 Å². The van der Waals surface area contributed by atoms with Gasteiger partial charge >= 0.3 is 0 Å². The molecule has 0 aromatic carbocycles. The summed E-state index contributed by atoms with van der Waals surface area (Å²) in [6, 6.07) is 3.14. The second kappa shape index (κ2) is 4.45. The molecule has 0 aliphatic heterocycles. The van der Waals surface area contributed by atoms with Crippen LogP contribution in [0.25, 0.3) is 0 Å². The highest BCUT2D eigenvalue weighted by atomic mass is 35.5. The lowest BCUT2D eigenvalue weighted by atomic mass is 10.1. The van der Waals surface area contributed by atoms with Crippen molar-refractivity contribution < 1.29 is 5.11 Å². The van der Waals surface area contributed by atoms with Crippen LogP contribution in [0.5, 0.6) is 0 Å². The molecule has 2 rings (SSSR count). The molecule has 0 saturated heterocycles. The number of thiazole rings is 1. The van der Waals surface area contributed by atoms with Crippen LogP contribution in [0.1, 0.15) is 16.7 Å². The molecule has 0 aliphatic carbocycles. The summed E-state index contributed by atoms with van der Waals surface area (Å²) >= 11 is 12.8. The molecule has 0 fully saturated rings. The highest BCUT2D eigenvalue weighted by Crippen LogP contribution is 2.26. The average Bonchev–Trinajstić information content (AvgIpc) is 2.67. The van der Waals surface area contributed by atoms with Gasteiger partial charge in [0.2, 0.25) is 0 Å². The van der Waals surface area contributed by atoms with E-state index in [9.17, 15) is 5.11 Å². The third-order valence-electron chi connectivity index (χ3n) is 1.79. The Bertz CT molecular complexity index is 441. The van der Waals surface area contributed by atoms with Crippen molar-refractivity contribution in [2.75, 3.05) is 0 Å². The number of hydrogen-bond acceptors (Lipinski definition) is 4. The SMILES string of the molecule is OC(c1cc(Cl)nc(Cl)c1)c1nccs1. The first-order chi connectivity index (χ1) is 7.16. The Morgan fingerprint density at radius 2 is 1.93 bits per heavy atom. The predicted octanol–water partition coefficient (Wildman–Crippen LogP) is 2.93. The molecule has 2 aromatic heterocycles. The Morgan fingerprint density at radius 1 is 1.27 bits per heavy atom. The summed E-state index contributed by atoms with van der Waals surface area (Å²) in [5.74, 6) is 0. The lowest BCUT2D eigenvalue weighted by Crippen LogP contribution is -1.99. The number of hydrogen-bond donors (Lipinski definition) is 1. The van der Waals surface area contributed by atoms with E-state index >= 15 is 0 Å². The number of aliphatic hydroxyl groups excluding tert-OH is 1. The standard InChI is InChI=1S/C9H6Cl2N2OS/c10-6-3-5(4-7(11)13-6)8(14)9-12-1-2-15-9/h1-4,8,14H. The molecular weight excluding hydrogens is 255 g/mol. The lowest BCUT2D eigenvalue weighted by molar-refractivity contribution is 0.219. The summed E-state index contributed by atoms with van der Waals surface area (Å²) in [4.78, 5) is 7.81. The van der Waals surface area contributed by atoms with Crippen LogP contribution in [0.2, 0.25) is 10.3 Å². The molecule has 2 aromatic rings. The van der Waals surface area contributed by atoms with Gasteiger partial charge in [0.25, 0.3) is 0 Å². The lowest BCUT2D eigenvalue weighted by Gasteiger charge is -2.08. The van der Waals surface area contributed by atoms with Crippen LogP contribution < -0.4 is 0 Å². The van der Waals surface area contributed by atoms with Crippen LogP contribution in [-0.4, -0.2) is 15.1 Å². The fraction of sp³-hybridized carbons (Fsp3) is 0.111. The Morgan fingerprint density at radius 3 is 2.47 bits per heavy atom. The highest BCUT2D eigenvalue weighted by molar-refractivity contribution is 7.09. The Balaban J connectivity index is 2.37. The largest absolute Gasteiger partial charge is 0.381 e. The van der Waals surface area contributed by atoms with Gasteiger partial charge in [-0.3, -0.25) is 0 Å². The number of aliphatic hydroxyl groups is 1. The fourth-order valence-corrected chi connectivity index (χ4v) is 2.28. The maximum atomic E-state index is 9.93. The monoisotopic (exact) mass is 260 g/mol. The molecular formula is C9H6Cl2N2OS. The van der Waals surface area contributed by atoms with Crippen molar-refractivity contribution in [1.82, 2.24) is 9.97 Å². The highest BCUT2D eigenvalue weighted by Gasteiger charge is 2.14. The van der Waals surface area contributed by atoms with Gasteiger partial charge in [0.05, 0.1) is 0 Å². The minimum Gasteiger partial charge on any atom is -0.381 e. The summed E-state index contributed by atoms with van der Waals surface area (Å²) in [7, 11) is 0. The van der Waals surface area contributed by atoms with Gasteiger partial charge in [-0.25, -0.2) is 9.97 Å².